The van der Waals surface area contributed by atoms with Gasteiger partial charge in [-0.3, -0.25) is 19.3 Å². The number of rotatable bonds is 12. The largest absolute Gasteiger partial charge is 0.493 e. The van der Waals surface area contributed by atoms with Crippen LogP contribution in [0.2, 0.25) is 0 Å². The van der Waals surface area contributed by atoms with Crippen molar-refractivity contribution in [1.29, 1.82) is 0 Å². The van der Waals surface area contributed by atoms with E-state index in [1.54, 1.807) is 81.5 Å². The normalized spacial score (nSPS) is 23.3. The fourth-order valence-electron chi connectivity index (χ4n) is 10.8. The molecule has 4 heterocycles. The molecule has 4 aliphatic rings. The van der Waals surface area contributed by atoms with Gasteiger partial charge < -0.3 is 39.0 Å². The summed E-state index contributed by atoms with van der Waals surface area (Å²) in [5, 5.41) is 12.4. The van der Waals surface area contributed by atoms with Gasteiger partial charge in [0.2, 0.25) is 11.8 Å². The monoisotopic (exact) mass is 922 g/mol. The first-order chi connectivity index (χ1) is 33.0. The number of nitrogens with zero attached hydrogens (tertiary/aromatic N) is 3. The van der Waals surface area contributed by atoms with Gasteiger partial charge in [0.25, 0.3) is 0 Å². The van der Waals surface area contributed by atoms with Crippen LogP contribution in [0.4, 0.5) is 10.5 Å². The number of urea groups is 1. The van der Waals surface area contributed by atoms with Gasteiger partial charge in [-0.15, -0.1) is 0 Å². The number of cyclic esters (lactones) is 1. The van der Waals surface area contributed by atoms with E-state index in [1.807, 2.05) is 77.7 Å². The Morgan fingerprint density at radius 3 is 2.06 bits per heavy atom. The quantitative estimate of drug-likeness (QED) is 0.135. The Morgan fingerprint density at radius 1 is 0.794 bits per heavy atom. The van der Waals surface area contributed by atoms with E-state index in [1.165, 1.54) is 7.11 Å². The van der Waals surface area contributed by atoms with Crippen LogP contribution in [-0.2, 0) is 47.0 Å². The number of imide groups is 1. The number of amides is 4. The van der Waals surface area contributed by atoms with Crippen molar-refractivity contribution in [3.8, 4) is 17.2 Å². The maximum absolute atomic E-state index is 16.5. The summed E-state index contributed by atoms with van der Waals surface area (Å²) in [6, 6.07) is 31.2. The summed E-state index contributed by atoms with van der Waals surface area (Å²) >= 11 is 0. The average molecular weight is 923 g/mol. The molecule has 7 atom stereocenters. The molecular weight excluding hydrogens is 869 g/mol. The third-order valence-electron chi connectivity index (χ3n) is 13.8. The molecule has 0 unspecified atom stereocenters. The molecule has 68 heavy (non-hydrogen) atoms. The predicted molar refractivity (Wildman–Crippen MR) is 249 cm³/mol. The molecule has 0 aliphatic carbocycles. The number of fused-ring (bicyclic) bond motifs is 4. The molecule has 2 N–H and O–H groups in total. The SMILES string of the molecule is COC(=O)[C@@H](NC(=O)N1C(=O)[C@@]2(c3ccccc31)[C@H](c1ccc(OCCO)cc1)N1[C@H](c3ccccc3)[C@H](c3ccccc3)OC(=O)[C@H]1[C@@H]2C(=O)N1CCc2cc(OC)c(OC)cc2C1)C(C)C. The van der Waals surface area contributed by atoms with Gasteiger partial charge in [0.1, 0.15) is 36.0 Å². The van der Waals surface area contributed by atoms with Crippen LogP contribution in [0.15, 0.2) is 121 Å². The number of benzene rings is 5. The molecule has 0 radical (unpaired) electrons. The molecule has 15 nitrogen and oxygen atoms in total. The maximum atomic E-state index is 16.5. The first-order valence-electron chi connectivity index (χ1n) is 22.7. The minimum atomic E-state index is -1.99. The summed E-state index contributed by atoms with van der Waals surface area (Å²) < 4.78 is 28.8. The Morgan fingerprint density at radius 2 is 1.43 bits per heavy atom. The van der Waals surface area contributed by atoms with Crippen LogP contribution >= 0.6 is 0 Å². The fraction of sp³-hybridized carbons (Fsp3) is 0.340. The molecule has 4 aliphatic heterocycles. The van der Waals surface area contributed by atoms with Gasteiger partial charge in [-0.05, 0) is 76.1 Å². The molecule has 2 fully saturated rings. The van der Waals surface area contributed by atoms with Crippen LogP contribution < -0.4 is 24.4 Å². The highest BCUT2D eigenvalue weighted by Gasteiger charge is 2.76. The number of carbonyl (C=O) groups is 5. The summed E-state index contributed by atoms with van der Waals surface area (Å²) in [6.07, 6.45) is -0.477. The highest BCUT2D eigenvalue weighted by Crippen LogP contribution is 2.66. The van der Waals surface area contributed by atoms with E-state index in [0.717, 1.165) is 21.6 Å². The zero-order valence-electron chi connectivity index (χ0n) is 38.5. The Labute approximate surface area is 394 Å². The Kier molecular flexibility index (Phi) is 12.7. The van der Waals surface area contributed by atoms with Crippen molar-refractivity contribution in [3.63, 3.8) is 0 Å². The van der Waals surface area contributed by atoms with E-state index in [0.29, 0.717) is 40.4 Å². The molecule has 2 saturated heterocycles. The summed E-state index contributed by atoms with van der Waals surface area (Å²) in [5.74, 6) is -3.10. The molecule has 4 amide bonds. The number of esters is 2. The number of methoxy groups -OCH3 is 3. The fourth-order valence-corrected chi connectivity index (χ4v) is 10.8. The third kappa shape index (κ3) is 7.59. The number of aliphatic hydroxyl groups is 1. The van der Waals surface area contributed by atoms with Gasteiger partial charge in [-0.25, -0.2) is 14.5 Å². The van der Waals surface area contributed by atoms with E-state index >= 15 is 14.4 Å². The first kappa shape index (κ1) is 45.9. The second-order valence-electron chi connectivity index (χ2n) is 17.7. The highest BCUT2D eigenvalue weighted by atomic mass is 16.6. The van der Waals surface area contributed by atoms with Gasteiger partial charge in [0, 0.05) is 13.1 Å². The Bertz CT molecular complexity index is 2720. The minimum absolute atomic E-state index is 0.0364. The van der Waals surface area contributed by atoms with Crippen molar-refractivity contribution < 1.29 is 52.8 Å². The van der Waals surface area contributed by atoms with Gasteiger partial charge in [0.15, 0.2) is 11.5 Å². The number of hydrogen-bond donors (Lipinski definition) is 2. The number of hydrogen-bond acceptors (Lipinski definition) is 12. The number of carbonyl (C=O) groups excluding carboxylic acids is 5. The smallest absolute Gasteiger partial charge is 0.329 e. The van der Waals surface area contributed by atoms with Crippen molar-refractivity contribution in [2.75, 3.05) is 46.0 Å². The van der Waals surface area contributed by atoms with Crippen LogP contribution in [0, 0.1) is 11.8 Å². The molecule has 5 aromatic carbocycles. The highest BCUT2D eigenvalue weighted by molar-refractivity contribution is 6.25. The standard InChI is InChI=1S/C53H54N4O11/c1-31(2)43(49(60)66-5)54-52(63)56-39-19-13-12-18-38(39)53(51(56)62)42(48(59)55-25-24-35-28-40(64-3)41(65-4)29-36(35)30-55)45-50(61)68-46(33-16-10-7-11-17-33)44(32-14-8-6-9-15-32)57(45)47(53)34-20-22-37(23-21-34)67-27-26-58/h6-23,28-29,31,42-47,58H,24-27,30H2,1-5H3,(H,54,63)/t42-,43+,44-,45-,46+,47+,53-/m1/s1. The summed E-state index contributed by atoms with van der Waals surface area (Å²) in [7, 11) is 4.33. The van der Waals surface area contributed by atoms with Crippen LogP contribution in [-0.4, -0.2) is 97.9 Å². The molecular formula is C53H54N4O11. The molecule has 0 aromatic heterocycles. The maximum Gasteiger partial charge on any atom is 0.329 e. The number of anilines is 1. The minimum Gasteiger partial charge on any atom is -0.493 e. The molecule has 0 saturated carbocycles. The number of para-hydroxylation sites is 1. The Balaban J connectivity index is 1.31. The van der Waals surface area contributed by atoms with Crippen LogP contribution in [0.3, 0.4) is 0 Å². The first-order valence-corrected chi connectivity index (χ1v) is 22.7. The van der Waals surface area contributed by atoms with Crippen molar-refractivity contribution >= 4 is 35.5 Å². The molecule has 0 bridgehead atoms. The lowest BCUT2D eigenvalue weighted by atomic mass is 9.65. The van der Waals surface area contributed by atoms with Crippen LogP contribution in [0.25, 0.3) is 0 Å². The lowest BCUT2D eigenvalue weighted by Crippen LogP contribution is -2.58. The van der Waals surface area contributed by atoms with Gasteiger partial charge in [-0.1, -0.05) is 105 Å². The van der Waals surface area contributed by atoms with Gasteiger partial charge >= 0.3 is 18.0 Å². The molecule has 5 aromatic rings. The second kappa shape index (κ2) is 18.8. The molecule has 9 rings (SSSR count). The summed E-state index contributed by atoms with van der Waals surface area (Å²) in [4.78, 5) is 81.0. The van der Waals surface area contributed by atoms with Crippen molar-refractivity contribution in [1.82, 2.24) is 15.1 Å². The predicted octanol–water partition coefficient (Wildman–Crippen LogP) is 6.23. The lowest BCUT2D eigenvalue weighted by Gasteiger charge is -2.46. The molecule has 352 valence electrons. The van der Waals surface area contributed by atoms with Crippen molar-refractivity contribution in [3.05, 3.63) is 155 Å². The topological polar surface area (TPSA) is 173 Å². The van der Waals surface area contributed by atoms with E-state index in [2.05, 4.69) is 5.32 Å². The number of morpholine rings is 1. The van der Waals surface area contributed by atoms with Crippen molar-refractivity contribution in [2.45, 2.75) is 62.5 Å². The Hall–Kier alpha value is -7.23. The van der Waals surface area contributed by atoms with Gasteiger partial charge in [0.05, 0.1) is 51.6 Å². The van der Waals surface area contributed by atoms with E-state index < -0.39 is 77.3 Å². The van der Waals surface area contributed by atoms with E-state index in [-0.39, 0.29) is 32.0 Å². The van der Waals surface area contributed by atoms with E-state index in [9.17, 15) is 14.7 Å². The second-order valence-corrected chi connectivity index (χ2v) is 17.7. The zero-order chi connectivity index (χ0) is 47.9. The van der Waals surface area contributed by atoms with Crippen LogP contribution in [0.1, 0.15) is 65.4 Å². The van der Waals surface area contributed by atoms with Crippen LogP contribution in [0.5, 0.6) is 17.2 Å². The number of nitrogens with one attached hydrogen (secondary N) is 1. The number of aliphatic hydroxyl groups excluding tert-OH is 1. The lowest BCUT2D eigenvalue weighted by molar-refractivity contribution is -0.179. The summed E-state index contributed by atoms with van der Waals surface area (Å²) in [5.41, 5.74) is 2.31. The average Bonchev–Trinajstić information content (AvgIpc) is 3.83. The zero-order valence-corrected chi connectivity index (χ0v) is 38.5. The molecule has 1 spiro atoms. The number of ether oxygens (including phenoxy) is 5. The summed E-state index contributed by atoms with van der Waals surface area (Å²) in [6.45, 7) is 3.67. The van der Waals surface area contributed by atoms with E-state index in [4.69, 9.17) is 23.7 Å². The third-order valence-corrected chi connectivity index (χ3v) is 13.8. The molecule has 15 heteroatoms. The van der Waals surface area contributed by atoms with Gasteiger partial charge in [-0.2, -0.15) is 0 Å². The van der Waals surface area contributed by atoms with Crippen molar-refractivity contribution in [2.24, 2.45) is 11.8 Å².